The highest BCUT2D eigenvalue weighted by Gasteiger charge is 2.17. The van der Waals surface area contributed by atoms with E-state index in [2.05, 4.69) is 42.5 Å². The Morgan fingerprint density at radius 1 is 1.26 bits per heavy atom. The average molecular weight is 555 g/mol. The summed E-state index contributed by atoms with van der Waals surface area (Å²) in [5.74, 6) is -0.225. The number of pyridine rings is 2. The van der Waals surface area contributed by atoms with Crippen molar-refractivity contribution in [1.29, 1.82) is 0 Å². The van der Waals surface area contributed by atoms with E-state index in [0.717, 1.165) is 5.52 Å². The van der Waals surface area contributed by atoms with Gasteiger partial charge in [0.25, 0.3) is 0 Å². The molecule has 206 valence electrons. The largest absolute Gasteiger partial charge is 0.378 e. The lowest BCUT2D eigenvalue weighted by molar-refractivity contribution is -0.127. The molecule has 0 aliphatic carbocycles. The lowest BCUT2D eigenvalue weighted by Gasteiger charge is -2.16. The molecule has 1 atom stereocenters. The van der Waals surface area contributed by atoms with E-state index in [4.69, 9.17) is 4.74 Å². The number of fused-ring (bicyclic) bond motifs is 1. The van der Waals surface area contributed by atoms with Crippen LogP contribution >= 0.6 is 11.3 Å². The van der Waals surface area contributed by atoms with E-state index in [-0.39, 0.29) is 18.2 Å². The third-order valence-electron chi connectivity index (χ3n) is 5.23. The Labute approximate surface area is 229 Å². The Kier molecular flexibility index (Phi) is 11.5. The van der Waals surface area contributed by atoms with Gasteiger partial charge in [-0.1, -0.05) is 31.3 Å². The van der Waals surface area contributed by atoms with Crippen molar-refractivity contribution >= 4 is 45.6 Å². The van der Waals surface area contributed by atoms with E-state index in [9.17, 15) is 14.0 Å². The molecule has 0 aliphatic heterocycles. The van der Waals surface area contributed by atoms with Crippen LogP contribution in [0.25, 0.3) is 21.6 Å². The van der Waals surface area contributed by atoms with Gasteiger partial charge in [0.05, 0.1) is 36.1 Å². The van der Waals surface area contributed by atoms with E-state index in [0.29, 0.717) is 53.9 Å². The Balaban J connectivity index is 0.00000205. The van der Waals surface area contributed by atoms with E-state index >= 15 is 0 Å². The number of nitrogens with one attached hydrogen (secondary N) is 3. The minimum Gasteiger partial charge on any atom is -0.378 e. The summed E-state index contributed by atoms with van der Waals surface area (Å²) in [4.78, 5) is 41.0. The maximum Gasteiger partial charge on any atom is 0.245 e. The fourth-order valence-corrected chi connectivity index (χ4v) is 4.22. The van der Waals surface area contributed by atoms with Crippen molar-refractivity contribution < 1.29 is 18.7 Å². The van der Waals surface area contributed by atoms with E-state index < -0.39 is 11.9 Å². The van der Waals surface area contributed by atoms with Gasteiger partial charge in [-0.2, -0.15) is 0 Å². The maximum atomic E-state index is 14.0. The van der Waals surface area contributed by atoms with Crippen LogP contribution in [0.3, 0.4) is 0 Å². The van der Waals surface area contributed by atoms with Gasteiger partial charge < -0.3 is 25.3 Å². The van der Waals surface area contributed by atoms with Crippen LogP contribution in [0.15, 0.2) is 55.8 Å². The summed E-state index contributed by atoms with van der Waals surface area (Å²) in [6, 6.07) is 3.92. The van der Waals surface area contributed by atoms with Gasteiger partial charge in [-0.25, -0.2) is 19.3 Å². The number of amides is 2. The van der Waals surface area contributed by atoms with Crippen LogP contribution in [0.5, 0.6) is 0 Å². The molecule has 4 rings (SSSR count). The zero-order chi connectivity index (χ0) is 28.0. The highest BCUT2D eigenvalue weighted by molar-refractivity contribution is 7.18. The van der Waals surface area contributed by atoms with Crippen LogP contribution in [-0.4, -0.2) is 62.6 Å². The van der Waals surface area contributed by atoms with Crippen molar-refractivity contribution in [2.75, 3.05) is 25.1 Å². The molecule has 13 heteroatoms. The number of hydrogen-bond acceptors (Lipinski definition) is 9. The minimum absolute atomic E-state index is 0.0680. The third kappa shape index (κ3) is 8.12. The highest BCUT2D eigenvalue weighted by atomic mass is 32.1. The fraction of sp³-hybridized carbons (Fsp3) is 0.308. The standard InChI is InChI=1S/C24H25FN8O3S.C2H6/c1-2-3-9-36-13-18(31-15-34)23(35)27-7-8-33-14-30-17-11-28-21(10-19(17)33)32-24-29-12-20(37-24)22-16(25)5-4-6-26-22;1-2/h2,4-6,10-12,14-15,18H,1,3,7-9,13H2,(H,27,35)(H,31,34)(H,28,29,32);1-2H3. The number of anilines is 2. The van der Waals surface area contributed by atoms with Gasteiger partial charge in [0.15, 0.2) is 5.13 Å². The van der Waals surface area contributed by atoms with E-state index in [1.165, 1.54) is 29.7 Å². The van der Waals surface area contributed by atoms with Gasteiger partial charge in [-0.05, 0) is 18.6 Å². The molecule has 2 amide bonds. The minimum atomic E-state index is -0.787. The lowest BCUT2D eigenvalue weighted by Crippen LogP contribution is -2.47. The smallest absolute Gasteiger partial charge is 0.245 e. The first kappa shape index (κ1) is 29.3. The highest BCUT2D eigenvalue weighted by Crippen LogP contribution is 2.30. The Hall–Kier alpha value is -4.23. The Bertz CT molecular complexity index is 1380. The molecule has 0 radical (unpaired) electrons. The lowest BCUT2D eigenvalue weighted by atomic mass is 10.3. The van der Waals surface area contributed by atoms with Crippen LogP contribution in [-0.2, 0) is 20.9 Å². The SMILES string of the molecule is C=CCCOCC(NC=O)C(=O)NCCn1cnc2cnc(Nc3ncc(-c4ncccc4F)s3)cc21.CC. The first-order valence-corrected chi connectivity index (χ1v) is 13.2. The Morgan fingerprint density at radius 3 is 2.87 bits per heavy atom. The van der Waals surface area contributed by atoms with Crippen LogP contribution in [0, 0.1) is 5.82 Å². The predicted octanol–water partition coefficient (Wildman–Crippen LogP) is 3.68. The van der Waals surface area contributed by atoms with Crippen LogP contribution in [0.2, 0.25) is 0 Å². The van der Waals surface area contributed by atoms with Crippen molar-refractivity contribution in [2.45, 2.75) is 32.9 Å². The molecule has 0 saturated heterocycles. The van der Waals surface area contributed by atoms with Gasteiger partial charge in [0.1, 0.15) is 28.9 Å². The zero-order valence-electron chi connectivity index (χ0n) is 21.8. The second-order valence-electron chi connectivity index (χ2n) is 7.77. The molecule has 4 aromatic heterocycles. The first-order chi connectivity index (χ1) is 19.1. The number of halogens is 1. The normalized spacial score (nSPS) is 11.3. The molecule has 0 bridgehead atoms. The number of hydrogen-bond donors (Lipinski definition) is 3. The first-order valence-electron chi connectivity index (χ1n) is 12.4. The second-order valence-corrected chi connectivity index (χ2v) is 8.80. The maximum absolute atomic E-state index is 14.0. The van der Waals surface area contributed by atoms with Crippen molar-refractivity contribution in [2.24, 2.45) is 0 Å². The Morgan fingerprint density at radius 2 is 2.10 bits per heavy atom. The van der Waals surface area contributed by atoms with E-state index in [1.807, 2.05) is 24.5 Å². The molecule has 0 aliphatic rings. The number of carbonyl (C=O) groups excluding carboxylic acids is 2. The zero-order valence-corrected chi connectivity index (χ0v) is 22.6. The number of carbonyl (C=O) groups is 2. The number of aromatic nitrogens is 5. The summed E-state index contributed by atoms with van der Waals surface area (Å²) >= 11 is 1.26. The molecular formula is C26H31FN8O3S. The summed E-state index contributed by atoms with van der Waals surface area (Å²) in [5, 5.41) is 8.94. The number of rotatable bonds is 14. The van der Waals surface area contributed by atoms with Crippen molar-refractivity contribution in [3.05, 3.63) is 61.6 Å². The summed E-state index contributed by atoms with van der Waals surface area (Å²) in [6.45, 7) is 8.85. The van der Waals surface area contributed by atoms with Crippen LogP contribution < -0.4 is 16.0 Å². The monoisotopic (exact) mass is 554 g/mol. The molecule has 0 saturated carbocycles. The summed E-state index contributed by atoms with van der Waals surface area (Å²) < 4.78 is 21.3. The predicted molar refractivity (Wildman–Crippen MR) is 149 cm³/mol. The quantitative estimate of drug-likeness (QED) is 0.122. The molecule has 0 spiro atoms. The van der Waals surface area contributed by atoms with Crippen LogP contribution in [0.4, 0.5) is 15.3 Å². The van der Waals surface area contributed by atoms with Gasteiger partial charge in [0.2, 0.25) is 12.3 Å². The van der Waals surface area contributed by atoms with Crippen molar-refractivity contribution in [3.8, 4) is 10.6 Å². The van der Waals surface area contributed by atoms with Crippen molar-refractivity contribution in [1.82, 2.24) is 35.1 Å². The summed E-state index contributed by atoms with van der Waals surface area (Å²) in [6.07, 6.45) is 9.22. The van der Waals surface area contributed by atoms with Gasteiger partial charge in [0, 0.05) is 31.5 Å². The molecule has 39 heavy (non-hydrogen) atoms. The number of thiazole rings is 1. The van der Waals surface area contributed by atoms with Gasteiger partial charge >= 0.3 is 0 Å². The average Bonchev–Trinajstić information content (AvgIpc) is 3.59. The molecule has 1 unspecified atom stereocenters. The van der Waals surface area contributed by atoms with Crippen LogP contribution in [0.1, 0.15) is 20.3 Å². The molecule has 4 aromatic rings. The molecule has 3 N–H and O–H groups in total. The molecular weight excluding hydrogens is 523 g/mol. The third-order valence-corrected chi connectivity index (χ3v) is 6.15. The van der Waals surface area contributed by atoms with Gasteiger partial charge in [-0.3, -0.25) is 14.6 Å². The van der Waals surface area contributed by atoms with Gasteiger partial charge in [-0.15, -0.1) is 6.58 Å². The second kappa shape index (κ2) is 15.2. The topological polar surface area (TPSA) is 136 Å². The fourth-order valence-electron chi connectivity index (χ4n) is 3.40. The summed E-state index contributed by atoms with van der Waals surface area (Å²) in [5.41, 5.74) is 1.73. The number of nitrogens with zero attached hydrogens (tertiary/aromatic N) is 5. The van der Waals surface area contributed by atoms with E-state index in [1.54, 1.807) is 24.8 Å². The number of imidazole rings is 1. The molecule has 0 fully saturated rings. The van der Waals surface area contributed by atoms with Crippen molar-refractivity contribution in [3.63, 3.8) is 0 Å². The summed E-state index contributed by atoms with van der Waals surface area (Å²) in [7, 11) is 0. The molecule has 0 aromatic carbocycles. The molecule has 11 nitrogen and oxygen atoms in total. The number of ether oxygens (including phenoxy) is 1. The molecule has 4 heterocycles.